The van der Waals surface area contributed by atoms with Crippen LogP contribution in [-0.4, -0.2) is 68.0 Å². The maximum absolute atomic E-state index is 14.2. The number of benzene rings is 4. The van der Waals surface area contributed by atoms with Crippen molar-refractivity contribution in [2.75, 3.05) is 28.4 Å². The molecule has 0 saturated carbocycles. The van der Waals surface area contributed by atoms with Crippen LogP contribution in [0.3, 0.4) is 0 Å². The Morgan fingerprint density at radius 1 is 0.667 bits per heavy atom. The van der Waals surface area contributed by atoms with E-state index in [0.717, 1.165) is 18.2 Å². The average molecular weight is 735 g/mol. The van der Waals surface area contributed by atoms with E-state index >= 15 is 0 Å². The Morgan fingerprint density at radius 2 is 1.06 bits per heavy atom. The van der Waals surface area contributed by atoms with E-state index in [1.165, 1.54) is 40.6 Å². The van der Waals surface area contributed by atoms with Crippen LogP contribution in [0.1, 0.15) is 20.7 Å². The topological polar surface area (TPSA) is 198 Å². The Bertz CT molecular complexity index is 1770. The smallest absolute Gasteiger partial charge is 0.488 e. The summed E-state index contributed by atoms with van der Waals surface area (Å²) in [6.45, 7) is 0. The Morgan fingerprint density at radius 3 is 1.44 bits per heavy atom. The number of carbonyl (C=O) groups excluding carboxylic acids is 2. The molecule has 0 unspecified atom stereocenters. The molecule has 4 aromatic rings. The van der Waals surface area contributed by atoms with Crippen molar-refractivity contribution in [2.24, 2.45) is 0 Å². The lowest BCUT2D eigenvalue weighted by Crippen LogP contribution is -2.29. The van der Waals surface area contributed by atoms with Crippen molar-refractivity contribution in [3.05, 3.63) is 108 Å². The van der Waals surface area contributed by atoms with Crippen molar-refractivity contribution < 1.29 is 57.2 Å². The molecule has 0 heterocycles. The van der Waals surface area contributed by atoms with E-state index in [2.05, 4.69) is 15.9 Å². The van der Waals surface area contributed by atoms with Gasteiger partial charge in [-0.3, -0.25) is 29.8 Å². The summed E-state index contributed by atoms with van der Waals surface area (Å²) in [7, 11) is 4.39. The molecule has 0 fully saturated rings. The van der Waals surface area contributed by atoms with E-state index in [-0.39, 0.29) is 21.2 Å². The summed E-state index contributed by atoms with van der Waals surface area (Å²) in [5.41, 5.74) is -0.698. The zero-order chi connectivity index (χ0) is 36.1. The third kappa shape index (κ3) is 10.3. The van der Waals surface area contributed by atoms with Crippen molar-refractivity contribution in [1.82, 2.24) is 0 Å². The molecule has 252 valence electrons. The molecule has 0 aliphatic carbocycles. The van der Waals surface area contributed by atoms with Gasteiger partial charge in [-0.1, -0.05) is 0 Å². The van der Waals surface area contributed by atoms with E-state index < -0.39 is 40.0 Å². The van der Waals surface area contributed by atoms with Gasteiger partial charge in [-0.15, -0.1) is 0 Å². The van der Waals surface area contributed by atoms with E-state index in [0.29, 0.717) is 52.7 Å². The second-order valence-corrected chi connectivity index (χ2v) is 9.94. The molecular formula is C30H26BBrF2N2O12. The lowest BCUT2D eigenvalue weighted by Gasteiger charge is -2.10. The fraction of sp³-hybridized carbons (Fsp3) is 0.133. The molecule has 0 bridgehead atoms. The van der Waals surface area contributed by atoms with Crippen molar-refractivity contribution in [2.45, 2.75) is 0 Å². The third-order valence-corrected chi connectivity index (χ3v) is 6.78. The monoisotopic (exact) mass is 734 g/mol. The largest absolute Gasteiger partial charge is 0.497 e. The number of halogens is 3. The molecule has 14 nitrogen and oxygen atoms in total. The van der Waals surface area contributed by atoms with Gasteiger partial charge in [0, 0.05) is 17.7 Å². The first-order valence-electron chi connectivity index (χ1n) is 13.1. The van der Waals surface area contributed by atoms with E-state index in [4.69, 9.17) is 29.0 Å². The molecule has 4 aromatic carbocycles. The highest BCUT2D eigenvalue weighted by Gasteiger charge is 2.20. The van der Waals surface area contributed by atoms with Crippen LogP contribution in [0.25, 0.3) is 11.1 Å². The summed E-state index contributed by atoms with van der Waals surface area (Å²) in [5.74, 6) is 0.342. The van der Waals surface area contributed by atoms with Gasteiger partial charge in [-0.05, 0) is 63.4 Å². The van der Waals surface area contributed by atoms with Gasteiger partial charge >= 0.3 is 7.12 Å². The number of nitrogens with zero attached hydrogens (tertiary/aromatic N) is 2. The fourth-order valence-electron chi connectivity index (χ4n) is 3.80. The molecule has 0 amide bonds. The van der Waals surface area contributed by atoms with Crippen LogP contribution < -0.4 is 24.4 Å². The molecule has 0 atom stereocenters. The number of hydrogen-bond acceptors (Lipinski definition) is 12. The highest BCUT2D eigenvalue weighted by atomic mass is 79.9. The second-order valence-electron chi connectivity index (χ2n) is 9.09. The number of carbonyl (C=O) groups is 2. The molecular weight excluding hydrogens is 709 g/mol. The molecule has 0 spiro atoms. The summed E-state index contributed by atoms with van der Waals surface area (Å²) < 4.78 is 47.1. The number of ether oxygens (including phenoxy) is 4. The summed E-state index contributed by atoms with van der Waals surface area (Å²) in [4.78, 5) is 40.9. The second kappa shape index (κ2) is 18.0. The van der Waals surface area contributed by atoms with Crippen LogP contribution in [0.2, 0.25) is 0 Å². The highest BCUT2D eigenvalue weighted by Crippen LogP contribution is 2.34. The van der Waals surface area contributed by atoms with Crippen molar-refractivity contribution in [1.29, 1.82) is 0 Å². The lowest BCUT2D eigenvalue weighted by molar-refractivity contribution is -0.385. The van der Waals surface area contributed by atoms with E-state index in [9.17, 15) is 38.6 Å². The maximum Gasteiger partial charge on any atom is 0.488 e. The Hall–Kier alpha value is -5.46. The summed E-state index contributed by atoms with van der Waals surface area (Å²) in [6.07, 6.45) is 0.626. The minimum Gasteiger partial charge on any atom is -0.497 e. The molecule has 0 radical (unpaired) electrons. The number of aldehydes is 2. The van der Waals surface area contributed by atoms with E-state index in [1.54, 1.807) is 24.3 Å². The zero-order valence-corrected chi connectivity index (χ0v) is 27.1. The number of nitro groups is 2. The first-order chi connectivity index (χ1) is 22.7. The van der Waals surface area contributed by atoms with Gasteiger partial charge in [0.25, 0.3) is 11.4 Å². The van der Waals surface area contributed by atoms with Gasteiger partial charge in [0.15, 0.2) is 12.6 Å². The van der Waals surface area contributed by atoms with Gasteiger partial charge in [0.05, 0.1) is 66.0 Å². The molecule has 4 rings (SSSR count). The summed E-state index contributed by atoms with van der Waals surface area (Å²) in [6, 6.07) is 13.1. The Labute approximate surface area is 280 Å². The number of hydrogen-bond donors (Lipinski definition) is 2. The van der Waals surface area contributed by atoms with Crippen LogP contribution in [0, 0.1) is 31.9 Å². The molecule has 0 aromatic heterocycles. The molecule has 18 heteroatoms. The average Bonchev–Trinajstić information content (AvgIpc) is 3.08. The molecule has 0 aliphatic heterocycles. The van der Waals surface area contributed by atoms with Crippen LogP contribution in [0.4, 0.5) is 20.2 Å². The number of nitro benzene ring substituents is 2. The summed E-state index contributed by atoms with van der Waals surface area (Å²) in [5, 5.41) is 38.9. The number of methoxy groups -OCH3 is 4. The Kier molecular flexibility index (Phi) is 14.5. The number of rotatable bonds is 10. The molecule has 48 heavy (non-hydrogen) atoms. The van der Waals surface area contributed by atoms with Gasteiger partial charge in [0.2, 0.25) is 0 Å². The van der Waals surface area contributed by atoms with E-state index in [1.807, 2.05) is 0 Å². The quantitative estimate of drug-likeness (QED) is 0.0966. The Balaban J connectivity index is 0.000000266. The minimum atomic E-state index is -1.51. The van der Waals surface area contributed by atoms with Gasteiger partial charge in [-0.25, -0.2) is 8.78 Å². The predicted molar refractivity (Wildman–Crippen MR) is 172 cm³/mol. The normalized spacial score (nSPS) is 9.85. The molecule has 0 saturated heterocycles. The molecule has 2 N–H and O–H groups in total. The van der Waals surface area contributed by atoms with Gasteiger partial charge in [0.1, 0.15) is 34.6 Å². The van der Waals surface area contributed by atoms with Crippen molar-refractivity contribution in [3.63, 3.8) is 0 Å². The first kappa shape index (κ1) is 38.7. The highest BCUT2D eigenvalue weighted by molar-refractivity contribution is 9.10. The van der Waals surface area contributed by atoms with Crippen LogP contribution in [-0.2, 0) is 0 Å². The summed E-state index contributed by atoms with van der Waals surface area (Å²) >= 11 is 2.81. The van der Waals surface area contributed by atoms with Crippen molar-refractivity contribution in [3.8, 4) is 34.1 Å². The molecule has 0 aliphatic rings. The fourth-order valence-corrected chi connectivity index (χ4v) is 4.16. The first-order valence-corrected chi connectivity index (χ1v) is 13.9. The SMILES string of the molecule is COc1cc(OC)cc(-c2cc(C=O)c([N+](=O)[O-])cc2F)c1.COc1cc(OC)cc(B(O)O)c1.O=Cc1cc(Br)c(F)cc1[N+](=O)[O-]. The van der Waals surface area contributed by atoms with Crippen molar-refractivity contribution >= 4 is 52.5 Å². The van der Waals surface area contributed by atoms with Gasteiger partial charge in [-0.2, -0.15) is 0 Å². The third-order valence-electron chi connectivity index (χ3n) is 6.17. The minimum absolute atomic E-state index is 0.0280. The lowest BCUT2D eigenvalue weighted by atomic mass is 9.80. The van der Waals surface area contributed by atoms with Crippen LogP contribution in [0.5, 0.6) is 23.0 Å². The maximum atomic E-state index is 14.2. The van der Waals surface area contributed by atoms with Gasteiger partial charge < -0.3 is 29.0 Å². The standard InChI is InChI=1S/C15H12FNO5.C8H11BO4.C7H3BrFNO3/c1-21-11-3-9(4-12(6-11)22-2)13-5-10(8-18)15(17(19)20)7-14(13)16;1-12-7-3-6(9(10)11)4-8(5-7)13-2;8-5-1-4(3-11)7(10(12)13)2-6(5)9/h3-8H,1-2H3;3-5,10-11H,1-2H3;1-3H. The van der Waals surface area contributed by atoms with Crippen LogP contribution >= 0.6 is 15.9 Å². The zero-order valence-electron chi connectivity index (χ0n) is 25.5. The van der Waals surface area contributed by atoms with Crippen LogP contribution in [0.15, 0.2) is 65.1 Å². The predicted octanol–water partition coefficient (Wildman–Crippen LogP) is 4.92.